The van der Waals surface area contributed by atoms with Gasteiger partial charge in [0.25, 0.3) is 10.1 Å². The van der Waals surface area contributed by atoms with Crippen LogP contribution < -0.4 is 5.32 Å². The van der Waals surface area contributed by atoms with E-state index in [1.807, 2.05) is 49.5 Å². The number of rotatable bonds is 3. The van der Waals surface area contributed by atoms with Crippen LogP contribution in [0.5, 0.6) is 0 Å². The summed E-state index contributed by atoms with van der Waals surface area (Å²) in [4.78, 5) is -0.101. The molecule has 0 amide bonds. The van der Waals surface area contributed by atoms with Gasteiger partial charge in [0.05, 0.1) is 4.90 Å². The van der Waals surface area contributed by atoms with E-state index in [1.165, 1.54) is 12.1 Å². The average Bonchev–Trinajstić information content (AvgIpc) is 2.53. The summed E-state index contributed by atoms with van der Waals surface area (Å²) in [5.41, 5.74) is 3.00. The van der Waals surface area contributed by atoms with E-state index >= 15 is 0 Å². The third-order valence-corrected chi connectivity index (χ3v) is 4.47. The number of hydrogen-bond acceptors (Lipinski definition) is 3. The fraction of sp³-hybridized carbons (Fsp3) is 0.0588. The van der Waals surface area contributed by atoms with Crippen molar-refractivity contribution in [1.29, 1.82) is 0 Å². The summed E-state index contributed by atoms with van der Waals surface area (Å²) in [7, 11) is -2.36. The Bertz CT molecular complexity index is 935. The van der Waals surface area contributed by atoms with Gasteiger partial charge in [0.15, 0.2) is 0 Å². The van der Waals surface area contributed by atoms with Crippen LogP contribution in [0.25, 0.3) is 21.9 Å². The molecule has 0 aliphatic heterocycles. The second-order valence-corrected chi connectivity index (χ2v) is 6.38. The van der Waals surface area contributed by atoms with Crippen LogP contribution >= 0.6 is 0 Å². The molecule has 3 rings (SSSR count). The van der Waals surface area contributed by atoms with E-state index in [0.29, 0.717) is 0 Å². The quantitative estimate of drug-likeness (QED) is 0.722. The molecular weight excluding hydrogens is 298 g/mol. The highest BCUT2D eigenvalue weighted by Crippen LogP contribution is 2.36. The van der Waals surface area contributed by atoms with Crippen molar-refractivity contribution in [2.75, 3.05) is 12.4 Å². The number of anilines is 1. The first-order chi connectivity index (χ1) is 10.5. The Kier molecular flexibility index (Phi) is 3.60. The van der Waals surface area contributed by atoms with E-state index in [1.54, 1.807) is 6.07 Å². The van der Waals surface area contributed by atoms with Crippen LogP contribution in [0.2, 0.25) is 0 Å². The van der Waals surface area contributed by atoms with Crippen LogP contribution in [-0.2, 0) is 10.1 Å². The molecule has 0 atom stereocenters. The Morgan fingerprint density at radius 2 is 1.68 bits per heavy atom. The lowest BCUT2D eigenvalue weighted by molar-refractivity contribution is 0.483. The van der Waals surface area contributed by atoms with Crippen molar-refractivity contribution >= 4 is 26.6 Å². The minimum absolute atomic E-state index is 0.101. The Hall–Kier alpha value is -2.37. The molecule has 3 aromatic rings. The maximum Gasteiger partial charge on any atom is 0.294 e. The highest BCUT2D eigenvalue weighted by Gasteiger charge is 2.13. The van der Waals surface area contributed by atoms with Gasteiger partial charge in [-0.2, -0.15) is 8.42 Å². The molecule has 0 saturated carbocycles. The van der Waals surface area contributed by atoms with Crippen LogP contribution in [0.15, 0.2) is 65.6 Å². The van der Waals surface area contributed by atoms with Gasteiger partial charge in [-0.25, -0.2) is 0 Å². The van der Waals surface area contributed by atoms with E-state index in [-0.39, 0.29) is 4.90 Å². The van der Waals surface area contributed by atoms with Crippen molar-refractivity contribution in [3.8, 4) is 11.1 Å². The Balaban J connectivity index is 2.34. The van der Waals surface area contributed by atoms with E-state index in [4.69, 9.17) is 0 Å². The molecule has 112 valence electrons. The normalized spacial score (nSPS) is 11.5. The summed E-state index contributed by atoms with van der Waals surface area (Å²) < 4.78 is 31.8. The second kappa shape index (κ2) is 5.44. The van der Waals surface area contributed by atoms with E-state index in [0.717, 1.165) is 27.6 Å². The van der Waals surface area contributed by atoms with Crippen molar-refractivity contribution in [3.63, 3.8) is 0 Å². The largest absolute Gasteiger partial charge is 0.388 e. The standard InChI is InChI=1S/C17H15NO3S/c1-18-16-10-7-13-11-14(22(19,20)21)8-9-15(13)17(16)12-5-3-2-4-6-12/h2-11,18H,1H3,(H,19,20,21). The van der Waals surface area contributed by atoms with Crippen LogP contribution in [0.1, 0.15) is 0 Å². The fourth-order valence-electron chi connectivity index (χ4n) is 2.59. The number of fused-ring (bicyclic) bond motifs is 1. The topological polar surface area (TPSA) is 66.4 Å². The molecule has 4 nitrogen and oxygen atoms in total. The van der Waals surface area contributed by atoms with Gasteiger partial charge in [0.1, 0.15) is 0 Å². The van der Waals surface area contributed by atoms with Crippen LogP contribution in [0.3, 0.4) is 0 Å². The summed E-state index contributed by atoms with van der Waals surface area (Å²) in [5, 5.41) is 4.84. The third kappa shape index (κ3) is 2.56. The first kappa shape index (κ1) is 14.6. The third-order valence-electron chi connectivity index (χ3n) is 3.62. The van der Waals surface area contributed by atoms with Gasteiger partial charge in [0, 0.05) is 18.3 Å². The van der Waals surface area contributed by atoms with Crippen molar-refractivity contribution < 1.29 is 13.0 Å². The SMILES string of the molecule is CNc1ccc2cc(S(=O)(=O)O)ccc2c1-c1ccccc1. The predicted molar refractivity (Wildman–Crippen MR) is 88.7 cm³/mol. The lowest BCUT2D eigenvalue weighted by Crippen LogP contribution is -1.98. The molecule has 0 aromatic heterocycles. The van der Waals surface area contributed by atoms with Gasteiger partial charge in [0.2, 0.25) is 0 Å². The van der Waals surface area contributed by atoms with Gasteiger partial charge < -0.3 is 5.32 Å². The van der Waals surface area contributed by atoms with Crippen molar-refractivity contribution in [1.82, 2.24) is 0 Å². The molecular formula is C17H15NO3S. The lowest BCUT2D eigenvalue weighted by atomic mass is 9.96. The summed E-state index contributed by atoms with van der Waals surface area (Å²) in [6.45, 7) is 0. The second-order valence-electron chi connectivity index (χ2n) is 4.96. The zero-order chi connectivity index (χ0) is 15.7. The van der Waals surface area contributed by atoms with Gasteiger partial charge in [-0.05, 0) is 34.5 Å². The first-order valence-electron chi connectivity index (χ1n) is 6.78. The van der Waals surface area contributed by atoms with Gasteiger partial charge in [-0.15, -0.1) is 0 Å². The highest BCUT2D eigenvalue weighted by atomic mass is 32.2. The van der Waals surface area contributed by atoms with Gasteiger partial charge >= 0.3 is 0 Å². The maximum absolute atomic E-state index is 11.3. The Morgan fingerprint density at radius 1 is 0.955 bits per heavy atom. The molecule has 3 aromatic carbocycles. The monoisotopic (exact) mass is 313 g/mol. The van der Waals surface area contributed by atoms with E-state index in [9.17, 15) is 13.0 Å². The molecule has 22 heavy (non-hydrogen) atoms. The van der Waals surface area contributed by atoms with E-state index in [2.05, 4.69) is 5.32 Å². The molecule has 0 fully saturated rings. The summed E-state index contributed by atoms with van der Waals surface area (Å²) in [6, 6.07) is 18.2. The zero-order valence-electron chi connectivity index (χ0n) is 11.9. The maximum atomic E-state index is 11.3. The van der Waals surface area contributed by atoms with Gasteiger partial charge in [-0.1, -0.05) is 42.5 Å². The number of nitrogens with one attached hydrogen (secondary N) is 1. The van der Waals surface area contributed by atoms with E-state index < -0.39 is 10.1 Å². The minimum atomic E-state index is -4.20. The summed E-state index contributed by atoms with van der Waals surface area (Å²) in [5.74, 6) is 0. The van der Waals surface area contributed by atoms with Crippen molar-refractivity contribution in [2.45, 2.75) is 4.90 Å². The highest BCUT2D eigenvalue weighted by molar-refractivity contribution is 7.85. The molecule has 0 spiro atoms. The summed E-state index contributed by atoms with van der Waals surface area (Å²) >= 11 is 0. The van der Waals surface area contributed by atoms with Crippen molar-refractivity contribution in [3.05, 3.63) is 60.7 Å². The fourth-order valence-corrected chi connectivity index (χ4v) is 3.11. The molecule has 0 aliphatic carbocycles. The zero-order valence-corrected chi connectivity index (χ0v) is 12.8. The van der Waals surface area contributed by atoms with Crippen LogP contribution in [-0.4, -0.2) is 20.0 Å². The molecule has 0 heterocycles. The molecule has 0 saturated heterocycles. The number of hydrogen-bond donors (Lipinski definition) is 2. The first-order valence-corrected chi connectivity index (χ1v) is 8.22. The van der Waals surface area contributed by atoms with Crippen molar-refractivity contribution in [2.24, 2.45) is 0 Å². The van der Waals surface area contributed by atoms with Crippen LogP contribution in [0.4, 0.5) is 5.69 Å². The Labute approximate surface area is 129 Å². The number of benzene rings is 3. The molecule has 0 unspecified atom stereocenters. The molecule has 5 heteroatoms. The molecule has 2 N–H and O–H groups in total. The molecule has 0 radical (unpaired) electrons. The smallest absolute Gasteiger partial charge is 0.294 e. The van der Waals surface area contributed by atoms with Crippen LogP contribution in [0, 0.1) is 0 Å². The molecule has 0 aliphatic rings. The predicted octanol–water partition coefficient (Wildman–Crippen LogP) is 3.80. The lowest BCUT2D eigenvalue weighted by Gasteiger charge is -2.13. The molecule has 0 bridgehead atoms. The Morgan fingerprint density at radius 3 is 2.32 bits per heavy atom. The summed E-state index contributed by atoms with van der Waals surface area (Å²) in [6.07, 6.45) is 0. The average molecular weight is 313 g/mol. The minimum Gasteiger partial charge on any atom is -0.388 e. The van der Waals surface area contributed by atoms with Gasteiger partial charge in [-0.3, -0.25) is 4.55 Å².